The van der Waals surface area contributed by atoms with Crippen molar-refractivity contribution in [1.29, 1.82) is 0 Å². The van der Waals surface area contributed by atoms with Crippen LogP contribution < -0.4 is 5.73 Å². The van der Waals surface area contributed by atoms with Gasteiger partial charge in [0, 0.05) is 0 Å². The number of rotatable bonds is 0. The average Bonchev–Trinajstić information content (AvgIpc) is 2.13. The molecule has 0 unspecified atom stereocenters. The van der Waals surface area contributed by atoms with E-state index in [1.54, 1.807) is 0 Å². The second-order valence-electron chi connectivity index (χ2n) is 3.75. The van der Waals surface area contributed by atoms with Crippen LogP contribution in [0, 0.1) is 20.8 Å². The van der Waals surface area contributed by atoms with Gasteiger partial charge in [-0.3, -0.25) is 0 Å². The zero-order valence-corrected chi connectivity index (χ0v) is 9.00. The first-order chi connectivity index (χ1) is 7.00. The molecule has 1 heterocycles. The van der Waals surface area contributed by atoms with E-state index in [4.69, 9.17) is 5.73 Å². The summed E-state index contributed by atoms with van der Waals surface area (Å²) in [5, 5.41) is 10.6. The summed E-state index contributed by atoms with van der Waals surface area (Å²) in [4.78, 5) is 8.20. The van der Waals surface area contributed by atoms with E-state index in [2.05, 4.69) is 9.97 Å². The van der Waals surface area contributed by atoms with Crippen molar-refractivity contribution in [3.05, 3.63) is 22.9 Å². The number of aromatic hydroxyl groups is 1. The third-order valence-electron chi connectivity index (χ3n) is 2.52. The van der Waals surface area contributed by atoms with Gasteiger partial charge in [0.15, 0.2) is 0 Å². The zero-order chi connectivity index (χ0) is 11.2. The second-order valence-corrected chi connectivity index (χ2v) is 3.75. The second kappa shape index (κ2) is 3.08. The monoisotopic (exact) mass is 203 g/mol. The van der Waals surface area contributed by atoms with E-state index in [-0.39, 0.29) is 11.7 Å². The third-order valence-corrected chi connectivity index (χ3v) is 2.52. The number of anilines is 1. The molecule has 0 atom stereocenters. The molecular formula is C11H13N3O. The molecule has 0 radical (unpaired) electrons. The highest BCUT2D eigenvalue weighted by molar-refractivity contribution is 5.91. The summed E-state index contributed by atoms with van der Waals surface area (Å²) in [6.07, 6.45) is 0. The van der Waals surface area contributed by atoms with Crippen molar-refractivity contribution >= 4 is 16.9 Å². The third kappa shape index (κ3) is 1.38. The number of nitrogens with two attached hydrogens (primary N) is 1. The van der Waals surface area contributed by atoms with Crippen molar-refractivity contribution in [1.82, 2.24) is 9.97 Å². The minimum absolute atomic E-state index is 0.242. The van der Waals surface area contributed by atoms with Crippen molar-refractivity contribution in [3.8, 4) is 5.75 Å². The number of nitrogen functional groups attached to an aromatic ring is 1. The Kier molecular flexibility index (Phi) is 2.00. The van der Waals surface area contributed by atoms with Crippen LogP contribution in [-0.2, 0) is 0 Å². The van der Waals surface area contributed by atoms with Gasteiger partial charge in [-0.1, -0.05) is 6.07 Å². The maximum atomic E-state index is 9.93. The molecule has 0 saturated heterocycles. The maximum absolute atomic E-state index is 9.93. The fourth-order valence-corrected chi connectivity index (χ4v) is 1.82. The van der Waals surface area contributed by atoms with Gasteiger partial charge in [0.1, 0.15) is 5.75 Å². The number of hydrogen-bond donors (Lipinski definition) is 2. The van der Waals surface area contributed by atoms with Gasteiger partial charge < -0.3 is 10.8 Å². The lowest BCUT2D eigenvalue weighted by molar-refractivity contribution is 0.477. The van der Waals surface area contributed by atoms with Crippen molar-refractivity contribution in [3.63, 3.8) is 0 Å². The zero-order valence-electron chi connectivity index (χ0n) is 9.00. The fraction of sp³-hybridized carbons (Fsp3) is 0.273. The van der Waals surface area contributed by atoms with E-state index in [0.717, 1.165) is 16.6 Å². The number of aromatic nitrogens is 2. The highest BCUT2D eigenvalue weighted by atomic mass is 16.3. The van der Waals surface area contributed by atoms with Crippen LogP contribution in [0.1, 0.15) is 16.8 Å². The lowest BCUT2D eigenvalue weighted by atomic mass is 10.0. The standard InChI is InChI=1S/C11H13N3O/c1-5-4-6(2)10(15)8-7(3)13-11(12)14-9(5)8/h4,15H,1-3H3,(H2,12,13,14). The summed E-state index contributed by atoms with van der Waals surface area (Å²) < 4.78 is 0. The Morgan fingerprint density at radius 1 is 1.13 bits per heavy atom. The van der Waals surface area contributed by atoms with Gasteiger partial charge in [0.05, 0.1) is 16.6 Å². The van der Waals surface area contributed by atoms with Crippen LogP contribution in [0.15, 0.2) is 6.07 Å². The smallest absolute Gasteiger partial charge is 0.220 e. The van der Waals surface area contributed by atoms with Crippen LogP contribution in [0.5, 0.6) is 5.75 Å². The predicted molar refractivity (Wildman–Crippen MR) is 59.8 cm³/mol. The number of phenolic OH excluding ortho intramolecular Hbond substituents is 1. The van der Waals surface area contributed by atoms with E-state index >= 15 is 0 Å². The molecule has 0 aliphatic heterocycles. The van der Waals surface area contributed by atoms with Crippen LogP contribution >= 0.6 is 0 Å². The molecule has 15 heavy (non-hydrogen) atoms. The van der Waals surface area contributed by atoms with Crippen LogP contribution in [0.3, 0.4) is 0 Å². The van der Waals surface area contributed by atoms with Gasteiger partial charge in [-0.2, -0.15) is 0 Å². The van der Waals surface area contributed by atoms with E-state index in [9.17, 15) is 5.11 Å². The summed E-state index contributed by atoms with van der Waals surface area (Å²) in [5.41, 5.74) is 8.84. The highest BCUT2D eigenvalue weighted by Gasteiger charge is 2.11. The number of fused-ring (bicyclic) bond motifs is 1. The number of hydrogen-bond acceptors (Lipinski definition) is 4. The fourth-order valence-electron chi connectivity index (χ4n) is 1.82. The minimum Gasteiger partial charge on any atom is -0.507 e. The molecule has 0 amide bonds. The number of phenols is 1. The Morgan fingerprint density at radius 3 is 2.47 bits per heavy atom. The number of benzene rings is 1. The molecule has 2 rings (SSSR count). The Hall–Kier alpha value is -1.84. The normalized spacial score (nSPS) is 10.9. The summed E-state index contributed by atoms with van der Waals surface area (Å²) in [5.74, 6) is 0.486. The lowest BCUT2D eigenvalue weighted by Crippen LogP contribution is -1.99. The first-order valence-electron chi connectivity index (χ1n) is 4.73. The molecule has 4 heteroatoms. The Morgan fingerprint density at radius 2 is 1.80 bits per heavy atom. The number of nitrogens with zero attached hydrogens (tertiary/aromatic N) is 2. The molecule has 0 aliphatic rings. The molecule has 1 aromatic carbocycles. The molecule has 0 spiro atoms. The number of aryl methyl sites for hydroxylation is 3. The molecule has 1 aromatic heterocycles. The van der Waals surface area contributed by atoms with E-state index in [0.29, 0.717) is 11.1 Å². The molecule has 2 aromatic rings. The highest BCUT2D eigenvalue weighted by Crippen LogP contribution is 2.31. The Balaban J connectivity index is 3.03. The molecule has 78 valence electrons. The van der Waals surface area contributed by atoms with Gasteiger partial charge in [0.2, 0.25) is 5.95 Å². The van der Waals surface area contributed by atoms with Crippen LogP contribution in [-0.4, -0.2) is 15.1 Å². The molecule has 4 nitrogen and oxygen atoms in total. The Bertz CT molecular complexity index is 549. The van der Waals surface area contributed by atoms with Gasteiger partial charge in [-0.05, 0) is 31.9 Å². The largest absolute Gasteiger partial charge is 0.507 e. The summed E-state index contributed by atoms with van der Waals surface area (Å²) >= 11 is 0. The summed E-state index contributed by atoms with van der Waals surface area (Å²) in [6, 6.07) is 1.89. The van der Waals surface area contributed by atoms with Crippen LogP contribution in [0.2, 0.25) is 0 Å². The van der Waals surface area contributed by atoms with E-state index in [1.165, 1.54) is 0 Å². The molecule has 0 aliphatic carbocycles. The van der Waals surface area contributed by atoms with Crippen molar-refractivity contribution in [2.24, 2.45) is 0 Å². The van der Waals surface area contributed by atoms with Gasteiger partial charge in [-0.25, -0.2) is 9.97 Å². The average molecular weight is 203 g/mol. The first kappa shape index (κ1) is 9.71. The van der Waals surface area contributed by atoms with Gasteiger partial charge in [0.25, 0.3) is 0 Å². The molecular weight excluding hydrogens is 190 g/mol. The van der Waals surface area contributed by atoms with E-state index in [1.807, 2.05) is 26.8 Å². The summed E-state index contributed by atoms with van der Waals surface area (Å²) in [6.45, 7) is 5.62. The summed E-state index contributed by atoms with van der Waals surface area (Å²) in [7, 11) is 0. The van der Waals surface area contributed by atoms with Crippen LogP contribution in [0.4, 0.5) is 5.95 Å². The molecule has 3 N–H and O–H groups in total. The van der Waals surface area contributed by atoms with Crippen molar-refractivity contribution < 1.29 is 5.11 Å². The van der Waals surface area contributed by atoms with Crippen molar-refractivity contribution in [2.75, 3.05) is 5.73 Å². The van der Waals surface area contributed by atoms with E-state index < -0.39 is 0 Å². The first-order valence-corrected chi connectivity index (χ1v) is 4.73. The lowest BCUT2D eigenvalue weighted by Gasteiger charge is -2.09. The molecule has 0 bridgehead atoms. The quantitative estimate of drug-likeness (QED) is 0.685. The molecule has 0 fully saturated rings. The molecule has 0 saturated carbocycles. The SMILES string of the molecule is Cc1cc(C)c2nc(N)nc(C)c2c1O. The Labute approximate surface area is 87.8 Å². The minimum atomic E-state index is 0.242. The van der Waals surface area contributed by atoms with Gasteiger partial charge in [-0.15, -0.1) is 0 Å². The predicted octanol–water partition coefficient (Wildman–Crippen LogP) is 1.84. The van der Waals surface area contributed by atoms with Gasteiger partial charge >= 0.3 is 0 Å². The topological polar surface area (TPSA) is 72.0 Å². The van der Waals surface area contributed by atoms with Crippen molar-refractivity contribution in [2.45, 2.75) is 20.8 Å². The van der Waals surface area contributed by atoms with Crippen LogP contribution in [0.25, 0.3) is 10.9 Å². The maximum Gasteiger partial charge on any atom is 0.220 e.